The fourth-order valence-electron chi connectivity index (χ4n) is 4.10. The Kier molecular flexibility index (Phi) is 11.2. The average molecular weight is 485 g/mol. The SMILES string of the molecule is CCCCCCCN(C(=O)NCc1ccc(CC(C)(C)C)cc1)c1c(OC)cc(OC)cc1OC. The monoisotopic (exact) mass is 484 g/mol. The summed E-state index contributed by atoms with van der Waals surface area (Å²) in [4.78, 5) is 15.2. The summed E-state index contributed by atoms with van der Waals surface area (Å²) in [5.41, 5.74) is 3.22. The standard InChI is InChI=1S/C29H44N2O4/c1-8-9-10-11-12-17-31(27-25(34-6)18-24(33-5)19-26(27)35-7)28(32)30-21-23-15-13-22(14-16-23)20-29(2,3)4/h13-16,18-19H,8-12,17,20-21H2,1-7H3,(H,30,32). The number of benzene rings is 2. The van der Waals surface area contributed by atoms with E-state index in [1.165, 1.54) is 18.4 Å². The molecule has 1 N–H and O–H groups in total. The molecule has 2 aromatic carbocycles. The molecule has 0 aliphatic heterocycles. The van der Waals surface area contributed by atoms with Crippen molar-refractivity contribution in [1.29, 1.82) is 0 Å². The van der Waals surface area contributed by atoms with E-state index in [0.717, 1.165) is 31.2 Å². The van der Waals surface area contributed by atoms with Crippen molar-refractivity contribution in [1.82, 2.24) is 5.32 Å². The number of amides is 2. The first-order valence-corrected chi connectivity index (χ1v) is 12.7. The van der Waals surface area contributed by atoms with Gasteiger partial charge in [-0.1, -0.05) is 77.6 Å². The second-order valence-electron chi connectivity index (χ2n) is 10.2. The van der Waals surface area contributed by atoms with Gasteiger partial charge in [0.2, 0.25) is 0 Å². The van der Waals surface area contributed by atoms with E-state index in [1.807, 2.05) is 0 Å². The summed E-state index contributed by atoms with van der Waals surface area (Å²) in [5.74, 6) is 1.69. The van der Waals surface area contributed by atoms with Crippen LogP contribution in [-0.4, -0.2) is 33.9 Å². The lowest BCUT2D eigenvalue weighted by atomic mass is 9.88. The number of unbranched alkanes of at least 4 members (excludes halogenated alkanes) is 4. The highest BCUT2D eigenvalue weighted by Crippen LogP contribution is 2.42. The van der Waals surface area contributed by atoms with Crippen LogP contribution in [0.25, 0.3) is 0 Å². The Labute approximate surface area is 212 Å². The van der Waals surface area contributed by atoms with E-state index in [9.17, 15) is 4.79 Å². The van der Waals surface area contributed by atoms with Crippen molar-refractivity contribution in [2.45, 2.75) is 72.8 Å². The molecule has 0 fully saturated rings. The van der Waals surface area contributed by atoms with Crippen LogP contribution in [0.4, 0.5) is 10.5 Å². The number of hydrogen-bond acceptors (Lipinski definition) is 4. The van der Waals surface area contributed by atoms with Gasteiger partial charge >= 0.3 is 6.03 Å². The van der Waals surface area contributed by atoms with Crippen molar-refractivity contribution in [3.8, 4) is 17.2 Å². The molecule has 0 unspecified atom stereocenters. The van der Waals surface area contributed by atoms with Crippen LogP contribution in [-0.2, 0) is 13.0 Å². The third-order valence-corrected chi connectivity index (χ3v) is 5.89. The Morgan fingerprint density at radius 1 is 0.857 bits per heavy atom. The number of urea groups is 1. The lowest BCUT2D eigenvalue weighted by Gasteiger charge is -2.27. The molecular weight excluding hydrogens is 440 g/mol. The first kappa shape index (κ1) is 28.3. The molecule has 6 heteroatoms. The van der Waals surface area contributed by atoms with Crippen LogP contribution in [0, 0.1) is 5.41 Å². The van der Waals surface area contributed by atoms with E-state index in [0.29, 0.717) is 36.0 Å². The van der Waals surface area contributed by atoms with Gasteiger partial charge in [0.05, 0.1) is 21.3 Å². The minimum atomic E-state index is -0.180. The Hall–Kier alpha value is -2.89. The number of carbonyl (C=O) groups is 1. The molecule has 35 heavy (non-hydrogen) atoms. The van der Waals surface area contributed by atoms with E-state index in [1.54, 1.807) is 38.4 Å². The molecule has 2 amide bonds. The van der Waals surface area contributed by atoms with Gasteiger partial charge < -0.3 is 19.5 Å². The lowest BCUT2D eigenvalue weighted by molar-refractivity contribution is 0.245. The maximum Gasteiger partial charge on any atom is 0.322 e. The number of nitrogens with zero attached hydrogens (tertiary/aromatic N) is 1. The van der Waals surface area contributed by atoms with Crippen molar-refractivity contribution in [2.75, 3.05) is 32.8 Å². The number of rotatable bonds is 13. The highest BCUT2D eigenvalue weighted by Gasteiger charge is 2.25. The molecule has 0 spiro atoms. The zero-order chi connectivity index (χ0) is 25.8. The second kappa shape index (κ2) is 13.9. The van der Waals surface area contributed by atoms with Crippen molar-refractivity contribution >= 4 is 11.7 Å². The maximum absolute atomic E-state index is 13.5. The third kappa shape index (κ3) is 9.00. The summed E-state index contributed by atoms with van der Waals surface area (Å²) in [5, 5.41) is 3.09. The predicted octanol–water partition coefficient (Wildman–Crippen LogP) is 6.99. The average Bonchev–Trinajstić information content (AvgIpc) is 2.84. The number of carbonyl (C=O) groups excluding carboxylic acids is 1. The fraction of sp³-hybridized carbons (Fsp3) is 0.552. The summed E-state index contributed by atoms with van der Waals surface area (Å²) >= 11 is 0. The fourth-order valence-corrected chi connectivity index (χ4v) is 4.10. The van der Waals surface area contributed by atoms with Crippen LogP contribution in [0.3, 0.4) is 0 Å². The molecule has 0 atom stereocenters. The Morgan fingerprint density at radius 3 is 1.94 bits per heavy atom. The number of ether oxygens (including phenoxy) is 3. The molecule has 0 bridgehead atoms. The van der Waals surface area contributed by atoms with Gasteiger partial charge in [-0.2, -0.15) is 0 Å². The zero-order valence-electron chi connectivity index (χ0n) is 22.7. The van der Waals surface area contributed by atoms with Crippen LogP contribution >= 0.6 is 0 Å². The first-order chi connectivity index (χ1) is 16.7. The Morgan fingerprint density at radius 2 is 1.43 bits per heavy atom. The van der Waals surface area contributed by atoms with E-state index < -0.39 is 0 Å². The van der Waals surface area contributed by atoms with Gasteiger partial charge in [0.15, 0.2) is 0 Å². The van der Waals surface area contributed by atoms with E-state index in [2.05, 4.69) is 57.3 Å². The van der Waals surface area contributed by atoms with Crippen LogP contribution in [0.1, 0.15) is 70.9 Å². The topological polar surface area (TPSA) is 60.0 Å². The largest absolute Gasteiger partial charge is 0.496 e. The molecule has 0 heterocycles. The number of nitrogens with one attached hydrogen (secondary N) is 1. The van der Waals surface area contributed by atoms with Crippen LogP contribution < -0.4 is 24.4 Å². The number of hydrogen-bond donors (Lipinski definition) is 1. The van der Waals surface area contributed by atoms with E-state index >= 15 is 0 Å². The third-order valence-electron chi connectivity index (χ3n) is 5.89. The van der Waals surface area contributed by atoms with Gasteiger partial charge in [-0.25, -0.2) is 4.79 Å². The Bertz CT molecular complexity index is 894. The van der Waals surface area contributed by atoms with Crippen LogP contribution in [0.15, 0.2) is 36.4 Å². The zero-order valence-corrected chi connectivity index (χ0v) is 22.7. The second-order valence-corrected chi connectivity index (χ2v) is 10.2. The van der Waals surface area contributed by atoms with Gasteiger partial charge in [0, 0.05) is 25.2 Å². The van der Waals surface area contributed by atoms with Crippen LogP contribution in [0.2, 0.25) is 0 Å². The van der Waals surface area contributed by atoms with Crippen molar-refractivity contribution in [2.24, 2.45) is 5.41 Å². The summed E-state index contributed by atoms with van der Waals surface area (Å²) in [6.45, 7) is 9.92. The molecule has 0 aliphatic carbocycles. The van der Waals surface area contributed by atoms with Gasteiger partial charge in [0.25, 0.3) is 0 Å². The molecule has 2 rings (SSSR count). The molecule has 6 nitrogen and oxygen atoms in total. The molecule has 0 aromatic heterocycles. The smallest absolute Gasteiger partial charge is 0.322 e. The minimum absolute atomic E-state index is 0.180. The lowest BCUT2D eigenvalue weighted by Crippen LogP contribution is -2.40. The normalized spacial score (nSPS) is 11.2. The summed E-state index contributed by atoms with van der Waals surface area (Å²) < 4.78 is 16.7. The van der Waals surface area contributed by atoms with Crippen LogP contribution in [0.5, 0.6) is 17.2 Å². The van der Waals surface area contributed by atoms with E-state index in [4.69, 9.17) is 14.2 Å². The summed E-state index contributed by atoms with van der Waals surface area (Å²) in [6, 6.07) is 11.9. The summed E-state index contributed by atoms with van der Waals surface area (Å²) in [7, 11) is 4.78. The molecule has 0 radical (unpaired) electrons. The van der Waals surface area contributed by atoms with Crippen molar-refractivity contribution < 1.29 is 19.0 Å². The highest BCUT2D eigenvalue weighted by molar-refractivity contribution is 5.95. The van der Waals surface area contributed by atoms with Gasteiger partial charge in [-0.15, -0.1) is 0 Å². The number of methoxy groups -OCH3 is 3. The molecular formula is C29H44N2O4. The van der Waals surface area contributed by atoms with Crippen molar-refractivity contribution in [3.05, 3.63) is 47.5 Å². The van der Waals surface area contributed by atoms with Crippen molar-refractivity contribution in [3.63, 3.8) is 0 Å². The van der Waals surface area contributed by atoms with E-state index in [-0.39, 0.29) is 11.4 Å². The number of anilines is 1. The molecule has 0 saturated heterocycles. The highest BCUT2D eigenvalue weighted by atomic mass is 16.5. The summed E-state index contributed by atoms with van der Waals surface area (Å²) in [6.07, 6.45) is 6.51. The molecule has 194 valence electrons. The minimum Gasteiger partial charge on any atom is -0.496 e. The molecule has 0 aliphatic rings. The predicted molar refractivity (Wildman–Crippen MR) is 144 cm³/mol. The maximum atomic E-state index is 13.5. The first-order valence-electron chi connectivity index (χ1n) is 12.7. The molecule has 0 saturated carbocycles. The molecule has 2 aromatic rings. The Balaban J connectivity index is 2.22. The van der Waals surface area contributed by atoms with Gasteiger partial charge in [-0.05, 0) is 29.4 Å². The van der Waals surface area contributed by atoms with Gasteiger partial charge in [0.1, 0.15) is 22.9 Å². The quantitative estimate of drug-likeness (QED) is 0.311. The van der Waals surface area contributed by atoms with Gasteiger partial charge in [-0.3, -0.25) is 4.90 Å².